The zero-order chi connectivity index (χ0) is 18.7. The van der Waals surface area contributed by atoms with Crippen LogP contribution in [0.25, 0.3) is 10.1 Å². The van der Waals surface area contributed by atoms with Crippen LogP contribution in [0.1, 0.15) is 15.2 Å². The summed E-state index contributed by atoms with van der Waals surface area (Å²) in [5, 5.41) is 3.29. The molecule has 26 heavy (non-hydrogen) atoms. The van der Waals surface area contributed by atoms with Crippen LogP contribution in [0.5, 0.6) is 0 Å². The summed E-state index contributed by atoms with van der Waals surface area (Å²) >= 11 is 1.34. The van der Waals surface area contributed by atoms with Gasteiger partial charge in [0.25, 0.3) is 5.91 Å². The summed E-state index contributed by atoms with van der Waals surface area (Å²) < 4.78 is 14.9. The van der Waals surface area contributed by atoms with E-state index >= 15 is 0 Å². The Hall–Kier alpha value is -2.25. The number of halogens is 1. The molecule has 0 radical (unpaired) electrons. The molecule has 138 valence electrons. The minimum Gasteiger partial charge on any atom is -0.352 e. The second-order valence-electron chi connectivity index (χ2n) is 6.33. The maximum Gasteiger partial charge on any atom is 0.264 e. The molecule has 2 amide bonds. The Bertz CT molecular complexity index is 841. The van der Waals surface area contributed by atoms with Crippen molar-refractivity contribution in [1.82, 2.24) is 15.1 Å². The van der Waals surface area contributed by atoms with E-state index in [1.54, 1.807) is 24.0 Å². The Morgan fingerprint density at radius 3 is 2.69 bits per heavy atom. The number of aryl methyl sites for hydroxylation is 1. The maximum atomic E-state index is 14.1. The van der Waals surface area contributed by atoms with Crippen molar-refractivity contribution in [3.63, 3.8) is 0 Å². The van der Waals surface area contributed by atoms with E-state index in [0.29, 0.717) is 55.1 Å². The predicted molar refractivity (Wildman–Crippen MR) is 102 cm³/mol. The van der Waals surface area contributed by atoms with Gasteiger partial charge in [-0.2, -0.15) is 0 Å². The van der Waals surface area contributed by atoms with Crippen LogP contribution in [0.4, 0.5) is 4.39 Å². The second-order valence-corrected chi connectivity index (χ2v) is 7.38. The van der Waals surface area contributed by atoms with Gasteiger partial charge >= 0.3 is 0 Å². The Labute approximate surface area is 156 Å². The van der Waals surface area contributed by atoms with E-state index in [2.05, 4.69) is 11.9 Å². The van der Waals surface area contributed by atoms with Gasteiger partial charge in [0.15, 0.2) is 0 Å². The lowest BCUT2D eigenvalue weighted by Gasteiger charge is -2.34. The van der Waals surface area contributed by atoms with Gasteiger partial charge in [-0.3, -0.25) is 14.5 Å². The van der Waals surface area contributed by atoms with Crippen LogP contribution in [0.2, 0.25) is 0 Å². The fourth-order valence-corrected chi connectivity index (χ4v) is 4.35. The number of amides is 2. The van der Waals surface area contributed by atoms with E-state index in [4.69, 9.17) is 0 Å². The monoisotopic (exact) mass is 375 g/mol. The molecule has 1 fully saturated rings. The standard InChI is InChI=1S/C19H22FN3O2S/c1-3-7-21-16(24)12-22-8-10-23(11-9-22)19(25)18-13(2)17-14(20)5-4-6-15(17)26-18/h3-6H,1,7-12H2,2H3,(H,21,24). The van der Waals surface area contributed by atoms with Crippen LogP contribution in [0.15, 0.2) is 30.9 Å². The molecule has 0 aliphatic carbocycles. The van der Waals surface area contributed by atoms with Crippen LogP contribution < -0.4 is 5.32 Å². The van der Waals surface area contributed by atoms with Crippen LogP contribution in [-0.2, 0) is 4.79 Å². The average Bonchev–Trinajstić information content (AvgIpc) is 2.98. The molecule has 1 N–H and O–H groups in total. The third-order valence-electron chi connectivity index (χ3n) is 4.57. The Kier molecular flexibility index (Phi) is 5.68. The topological polar surface area (TPSA) is 52.7 Å². The molecule has 7 heteroatoms. The van der Waals surface area contributed by atoms with Crippen LogP contribution >= 0.6 is 11.3 Å². The van der Waals surface area contributed by atoms with Gasteiger partial charge in [0.2, 0.25) is 5.91 Å². The summed E-state index contributed by atoms with van der Waals surface area (Å²) in [5.41, 5.74) is 0.708. The lowest BCUT2D eigenvalue weighted by atomic mass is 10.1. The van der Waals surface area contributed by atoms with Crippen molar-refractivity contribution < 1.29 is 14.0 Å². The molecule has 2 heterocycles. The number of piperazine rings is 1. The molecule has 5 nitrogen and oxygen atoms in total. The van der Waals surface area contributed by atoms with E-state index in [0.717, 1.165) is 4.70 Å². The summed E-state index contributed by atoms with van der Waals surface area (Å²) in [6.07, 6.45) is 1.64. The highest BCUT2D eigenvalue weighted by atomic mass is 32.1. The average molecular weight is 375 g/mol. The quantitative estimate of drug-likeness (QED) is 0.817. The van der Waals surface area contributed by atoms with E-state index in [1.165, 1.54) is 17.4 Å². The lowest BCUT2D eigenvalue weighted by Crippen LogP contribution is -2.51. The van der Waals surface area contributed by atoms with Gasteiger partial charge in [0.1, 0.15) is 5.82 Å². The number of benzene rings is 1. The van der Waals surface area contributed by atoms with Crippen LogP contribution in [0, 0.1) is 12.7 Å². The lowest BCUT2D eigenvalue weighted by molar-refractivity contribution is -0.122. The van der Waals surface area contributed by atoms with E-state index < -0.39 is 0 Å². The first-order valence-electron chi connectivity index (χ1n) is 8.58. The largest absolute Gasteiger partial charge is 0.352 e. The van der Waals surface area contributed by atoms with Gasteiger partial charge in [-0.05, 0) is 24.6 Å². The van der Waals surface area contributed by atoms with Gasteiger partial charge in [0, 0.05) is 42.8 Å². The number of fused-ring (bicyclic) bond motifs is 1. The minimum atomic E-state index is -0.286. The Morgan fingerprint density at radius 1 is 1.31 bits per heavy atom. The molecule has 0 saturated carbocycles. The predicted octanol–water partition coefficient (Wildman–Crippen LogP) is 2.41. The number of hydrogen-bond donors (Lipinski definition) is 1. The maximum absolute atomic E-state index is 14.1. The van der Waals surface area contributed by atoms with Crippen molar-refractivity contribution >= 4 is 33.2 Å². The zero-order valence-electron chi connectivity index (χ0n) is 14.8. The summed E-state index contributed by atoms with van der Waals surface area (Å²) in [7, 11) is 0. The number of hydrogen-bond acceptors (Lipinski definition) is 4. The van der Waals surface area contributed by atoms with E-state index in [1.807, 2.05) is 11.0 Å². The normalized spacial score (nSPS) is 15.2. The fourth-order valence-electron chi connectivity index (χ4n) is 3.16. The van der Waals surface area contributed by atoms with Gasteiger partial charge in [-0.15, -0.1) is 17.9 Å². The second kappa shape index (κ2) is 7.97. The number of carbonyl (C=O) groups is 2. The Morgan fingerprint density at radius 2 is 2.04 bits per heavy atom. The highest BCUT2D eigenvalue weighted by Gasteiger charge is 2.26. The number of rotatable bonds is 5. The number of carbonyl (C=O) groups excluding carboxylic acids is 2. The van der Waals surface area contributed by atoms with Crippen molar-refractivity contribution in [1.29, 1.82) is 0 Å². The molecular formula is C19H22FN3O2S. The smallest absolute Gasteiger partial charge is 0.264 e. The van der Waals surface area contributed by atoms with Crippen LogP contribution in [-0.4, -0.2) is 60.9 Å². The SMILES string of the molecule is C=CCNC(=O)CN1CCN(C(=O)c2sc3cccc(F)c3c2C)CC1. The van der Waals surface area contributed by atoms with E-state index in [-0.39, 0.29) is 17.6 Å². The van der Waals surface area contributed by atoms with E-state index in [9.17, 15) is 14.0 Å². The molecule has 0 spiro atoms. The van der Waals surface area contributed by atoms with Crippen LogP contribution in [0.3, 0.4) is 0 Å². The molecule has 1 aliphatic rings. The third kappa shape index (κ3) is 3.78. The van der Waals surface area contributed by atoms with Crippen molar-refractivity contribution in [3.05, 3.63) is 47.1 Å². The molecule has 3 rings (SSSR count). The van der Waals surface area contributed by atoms with Crippen molar-refractivity contribution in [2.45, 2.75) is 6.92 Å². The number of nitrogens with zero attached hydrogens (tertiary/aromatic N) is 2. The van der Waals surface area contributed by atoms with Crippen molar-refractivity contribution in [2.75, 3.05) is 39.3 Å². The van der Waals surface area contributed by atoms with Crippen molar-refractivity contribution in [2.24, 2.45) is 0 Å². The van der Waals surface area contributed by atoms with Crippen molar-refractivity contribution in [3.8, 4) is 0 Å². The highest BCUT2D eigenvalue weighted by Crippen LogP contribution is 2.33. The van der Waals surface area contributed by atoms with Gasteiger partial charge < -0.3 is 10.2 Å². The zero-order valence-corrected chi connectivity index (χ0v) is 15.6. The number of thiophene rings is 1. The third-order valence-corrected chi connectivity index (χ3v) is 5.81. The fraction of sp³-hybridized carbons (Fsp3) is 0.368. The van der Waals surface area contributed by atoms with Gasteiger partial charge in [0.05, 0.1) is 11.4 Å². The molecule has 1 aromatic heterocycles. The molecular weight excluding hydrogens is 353 g/mol. The molecule has 2 aromatic rings. The Balaban J connectivity index is 1.64. The number of nitrogens with one attached hydrogen (secondary N) is 1. The molecule has 1 aromatic carbocycles. The summed E-state index contributed by atoms with van der Waals surface area (Å²) in [6.45, 7) is 8.56. The summed E-state index contributed by atoms with van der Waals surface area (Å²) in [4.78, 5) is 29.1. The summed E-state index contributed by atoms with van der Waals surface area (Å²) in [6, 6.07) is 4.93. The summed E-state index contributed by atoms with van der Waals surface area (Å²) in [5.74, 6) is -0.384. The molecule has 0 atom stereocenters. The first kappa shape index (κ1) is 18.5. The molecule has 1 aliphatic heterocycles. The molecule has 0 unspecified atom stereocenters. The molecule has 0 bridgehead atoms. The van der Waals surface area contributed by atoms with Gasteiger partial charge in [-0.1, -0.05) is 12.1 Å². The first-order valence-corrected chi connectivity index (χ1v) is 9.39. The molecule has 1 saturated heterocycles. The van der Waals surface area contributed by atoms with Gasteiger partial charge in [-0.25, -0.2) is 4.39 Å². The minimum absolute atomic E-state index is 0.0412. The highest BCUT2D eigenvalue weighted by molar-refractivity contribution is 7.21. The first-order chi connectivity index (χ1) is 12.5.